The number of hydrogen-bond acceptors (Lipinski definition) is 4. The van der Waals surface area contributed by atoms with Crippen LogP contribution in [0, 0.1) is 24.2 Å². The van der Waals surface area contributed by atoms with Crippen LogP contribution in [0.25, 0.3) is 0 Å². The Morgan fingerprint density at radius 1 is 1.50 bits per heavy atom. The van der Waals surface area contributed by atoms with E-state index < -0.39 is 22.0 Å². The largest absolute Gasteiger partial charge is 0.480 e. The van der Waals surface area contributed by atoms with Gasteiger partial charge in [-0.2, -0.15) is 9.98 Å². The van der Waals surface area contributed by atoms with Crippen molar-refractivity contribution in [3.63, 3.8) is 0 Å². The molecule has 1 aromatic rings. The van der Waals surface area contributed by atoms with Gasteiger partial charge in [-0.05, 0) is 49.4 Å². The quantitative estimate of drug-likeness (QED) is 0.842. The van der Waals surface area contributed by atoms with E-state index in [2.05, 4.69) is 4.72 Å². The summed E-state index contributed by atoms with van der Waals surface area (Å²) in [6.07, 6.45) is 1.43. The minimum Gasteiger partial charge on any atom is -0.480 e. The normalized spacial score (nSPS) is 16.4. The lowest BCUT2D eigenvalue weighted by Gasteiger charge is -2.14. The fourth-order valence-electron chi connectivity index (χ4n) is 1.94. The van der Waals surface area contributed by atoms with Gasteiger partial charge in [0.2, 0.25) is 10.0 Å². The predicted octanol–water partition coefficient (Wildman–Crippen LogP) is 1.01. The van der Waals surface area contributed by atoms with E-state index in [0.29, 0.717) is 24.0 Å². The number of sulfonamides is 1. The first-order valence-electron chi connectivity index (χ1n) is 6.11. The summed E-state index contributed by atoms with van der Waals surface area (Å²) in [5.74, 6) is -1.30. The van der Waals surface area contributed by atoms with Crippen LogP contribution in [0.2, 0.25) is 0 Å². The first-order valence-corrected chi connectivity index (χ1v) is 7.59. The molecule has 2 rings (SSSR count). The van der Waals surface area contributed by atoms with Crippen molar-refractivity contribution in [2.24, 2.45) is 5.92 Å². The first kappa shape index (κ1) is 14.5. The van der Waals surface area contributed by atoms with Crippen LogP contribution in [0.1, 0.15) is 24.0 Å². The summed E-state index contributed by atoms with van der Waals surface area (Å²) >= 11 is 0. The molecule has 7 heteroatoms. The lowest BCUT2D eigenvalue weighted by atomic mass is 10.1. The lowest BCUT2D eigenvalue weighted by molar-refractivity contribution is -0.139. The van der Waals surface area contributed by atoms with Crippen LogP contribution in [-0.4, -0.2) is 25.5 Å². The van der Waals surface area contributed by atoms with E-state index in [4.69, 9.17) is 10.4 Å². The number of benzene rings is 1. The molecule has 6 nitrogen and oxygen atoms in total. The summed E-state index contributed by atoms with van der Waals surface area (Å²) in [5, 5.41) is 17.9. The number of aryl methyl sites for hydroxylation is 1. The second-order valence-corrected chi connectivity index (χ2v) is 6.58. The van der Waals surface area contributed by atoms with Crippen molar-refractivity contribution < 1.29 is 18.3 Å². The van der Waals surface area contributed by atoms with Crippen molar-refractivity contribution in [3.05, 3.63) is 29.3 Å². The minimum atomic E-state index is -3.90. The van der Waals surface area contributed by atoms with Gasteiger partial charge < -0.3 is 5.11 Å². The predicted molar refractivity (Wildman–Crippen MR) is 70.4 cm³/mol. The van der Waals surface area contributed by atoms with Gasteiger partial charge in [-0.15, -0.1) is 0 Å². The Morgan fingerprint density at radius 2 is 2.15 bits per heavy atom. The molecule has 1 aromatic carbocycles. The number of rotatable bonds is 5. The van der Waals surface area contributed by atoms with Gasteiger partial charge >= 0.3 is 5.97 Å². The number of carboxylic acids is 1. The second-order valence-electron chi connectivity index (χ2n) is 4.86. The monoisotopic (exact) mass is 294 g/mol. The number of nitriles is 1. The standard InChI is InChI=1S/C13H14N2O4S/c1-8-6-11(5-4-10(8)7-14)20(18,19)15-12(13(16)17)9-2-3-9/h4-6,9,12,15H,2-3H2,1H3,(H,16,17). The van der Waals surface area contributed by atoms with Gasteiger partial charge in [0, 0.05) is 0 Å². The molecular weight excluding hydrogens is 280 g/mol. The van der Waals surface area contributed by atoms with E-state index in [-0.39, 0.29) is 10.8 Å². The Morgan fingerprint density at radius 3 is 2.60 bits per heavy atom. The first-order chi connectivity index (χ1) is 9.35. The van der Waals surface area contributed by atoms with Crippen molar-refractivity contribution in [2.45, 2.75) is 30.7 Å². The molecule has 1 fully saturated rings. The van der Waals surface area contributed by atoms with Gasteiger partial charge in [-0.1, -0.05) is 0 Å². The third-order valence-electron chi connectivity index (χ3n) is 3.27. The smallest absolute Gasteiger partial charge is 0.322 e. The molecule has 1 aliphatic carbocycles. The number of carbonyl (C=O) groups is 1. The van der Waals surface area contributed by atoms with Gasteiger partial charge in [0.15, 0.2) is 0 Å². The summed E-state index contributed by atoms with van der Waals surface area (Å²) in [6, 6.07) is 4.95. The molecule has 0 bridgehead atoms. The Bertz CT molecular complexity index is 687. The molecule has 2 N–H and O–H groups in total. The molecule has 1 atom stereocenters. The van der Waals surface area contributed by atoms with E-state index >= 15 is 0 Å². The average molecular weight is 294 g/mol. The molecule has 0 amide bonds. The Kier molecular flexibility index (Phi) is 3.79. The number of carboxylic acid groups (broad SMARTS) is 1. The van der Waals surface area contributed by atoms with Gasteiger partial charge in [-0.25, -0.2) is 8.42 Å². The highest BCUT2D eigenvalue weighted by molar-refractivity contribution is 7.89. The van der Waals surface area contributed by atoms with E-state index in [0.717, 1.165) is 0 Å². The fraction of sp³-hybridized carbons (Fsp3) is 0.385. The van der Waals surface area contributed by atoms with Gasteiger partial charge in [0.1, 0.15) is 6.04 Å². The van der Waals surface area contributed by atoms with Crippen LogP contribution >= 0.6 is 0 Å². The van der Waals surface area contributed by atoms with Crippen LogP contribution in [0.15, 0.2) is 23.1 Å². The highest BCUT2D eigenvalue weighted by Gasteiger charge is 2.39. The number of nitrogens with zero attached hydrogens (tertiary/aromatic N) is 1. The second kappa shape index (κ2) is 5.23. The van der Waals surface area contributed by atoms with Crippen molar-refractivity contribution in [1.29, 1.82) is 5.26 Å². The van der Waals surface area contributed by atoms with E-state index in [1.165, 1.54) is 18.2 Å². The third-order valence-corrected chi connectivity index (χ3v) is 4.71. The summed E-state index contributed by atoms with van der Waals surface area (Å²) in [6.45, 7) is 1.63. The molecule has 0 saturated heterocycles. The lowest BCUT2D eigenvalue weighted by Crippen LogP contribution is -2.42. The maximum absolute atomic E-state index is 12.2. The number of aliphatic carboxylic acids is 1. The topological polar surface area (TPSA) is 107 Å². The summed E-state index contributed by atoms with van der Waals surface area (Å²) in [4.78, 5) is 11.1. The highest BCUT2D eigenvalue weighted by Crippen LogP contribution is 2.33. The van der Waals surface area contributed by atoms with Gasteiger partial charge in [-0.3, -0.25) is 4.79 Å². The SMILES string of the molecule is Cc1cc(S(=O)(=O)NC(C(=O)O)C2CC2)ccc1C#N. The molecule has 106 valence electrons. The molecule has 1 unspecified atom stereocenters. The summed E-state index contributed by atoms with van der Waals surface area (Å²) in [7, 11) is -3.90. The molecule has 1 saturated carbocycles. The molecule has 0 spiro atoms. The fourth-order valence-corrected chi connectivity index (χ4v) is 3.28. The van der Waals surface area contributed by atoms with Gasteiger partial charge in [0.25, 0.3) is 0 Å². The van der Waals surface area contributed by atoms with Gasteiger partial charge in [0.05, 0.1) is 16.5 Å². The maximum atomic E-state index is 12.2. The molecule has 0 aliphatic heterocycles. The summed E-state index contributed by atoms with van der Waals surface area (Å²) in [5.41, 5.74) is 0.926. The van der Waals surface area contributed by atoms with Crippen molar-refractivity contribution in [1.82, 2.24) is 4.72 Å². The summed E-state index contributed by atoms with van der Waals surface area (Å²) < 4.78 is 26.6. The van der Waals surface area contributed by atoms with Crippen molar-refractivity contribution >= 4 is 16.0 Å². The Balaban J connectivity index is 2.28. The van der Waals surface area contributed by atoms with Crippen molar-refractivity contribution in [3.8, 4) is 6.07 Å². The molecule has 0 heterocycles. The average Bonchev–Trinajstić information content (AvgIpc) is 3.19. The van der Waals surface area contributed by atoms with Crippen LogP contribution in [-0.2, 0) is 14.8 Å². The molecule has 0 radical (unpaired) electrons. The van der Waals surface area contributed by atoms with Crippen LogP contribution in [0.5, 0.6) is 0 Å². The molecular formula is C13H14N2O4S. The minimum absolute atomic E-state index is 0.0269. The highest BCUT2D eigenvalue weighted by atomic mass is 32.2. The Labute approximate surface area is 117 Å². The Hall–Kier alpha value is -1.91. The zero-order valence-electron chi connectivity index (χ0n) is 10.8. The third kappa shape index (κ3) is 2.98. The maximum Gasteiger partial charge on any atom is 0.322 e. The number of hydrogen-bond donors (Lipinski definition) is 2. The molecule has 1 aliphatic rings. The van der Waals surface area contributed by atoms with Crippen LogP contribution < -0.4 is 4.72 Å². The molecule has 0 aromatic heterocycles. The number of nitrogens with one attached hydrogen (secondary N) is 1. The molecule has 20 heavy (non-hydrogen) atoms. The zero-order chi connectivity index (χ0) is 14.9. The van der Waals surface area contributed by atoms with E-state index in [9.17, 15) is 13.2 Å². The van der Waals surface area contributed by atoms with E-state index in [1.54, 1.807) is 6.92 Å². The van der Waals surface area contributed by atoms with Crippen LogP contribution in [0.3, 0.4) is 0 Å². The zero-order valence-corrected chi connectivity index (χ0v) is 11.6. The van der Waals surface area contributed by atoms with E-state index in [1.807, 2.05) is 6.07 Å². The van der Waals surface area contributed by atoms with Crippen molar-refractivity contribution in [2.75, 3.05) is 0 Å². The van der Waals surface area contributed by atoms with Crippen LogP contribution in [0.4, 0.5) is 0 Å².